The summed E-state index contributed by atoms with van der Waals surface area (Å²) < 4.78 is 2.41. The molecular formula is C42H29N. The first-order chi connectivity index (χ1) is 21.4. The van der Waals surface area contributed by atoms with Crippen molar-refractivity contribution in [2.24, 2.45) is 0 Å². The fourth-order valence-electron chi connectivity index (χ4n) is 6.52. The molecule has 0 aliphatic rings. The summed E-state index contributed by atoms with van der Waals surface area (Å²) >= 11 is 0. The van der Waals surface area contributed by atoms with Gasteiger partial charge in [-0.1, -0.05) is 152 Å². The monoisotopic (exact) mass is 547 g/mol. The molecule has 0 aliphatic heterocycles. The third-order valence-electron chi connectivity index (χ3n) is 8.41. The summed E-state index contributed by atoms with van der Waals surface area (Å²) in [5, 5.41) is 5.02. The maximum atomic E-state index is 2.41. The van der Waals surface area contributed by atoms with Crippen molar-refractivity contribution in [1.82, 2.24) is 4.57 Å². The normalized spacial score (nSPS) is 11.3. The van der Waals surface area contributed by atoms with Crippen molar-refractivity contribution in [3.63, 3.8) is 0 Å². The van der Waals surface area contributed by atoms with Crippen LogP contribution in [0, 0.1) is 0 Å². The van der Waals surface area contributed by atoms with Gasteiger partial charge in [0, 0.05) is 5.69 Å². The van der Waals surface area contributed by atoms with E-state index in [9.17, 15) is 0 Å². The van der Waals surface area contributed by atoms with Crippen molar-refractivity contribution in [2.45, 2.75) is 0 Å². The molecule has 1 heteroatoms. The number of rotatable bonds is 5. The third kappa shape index (κ3) is 4.34. The molecule has 0 unspecified atom stereocenters. The quantitative estimate of drug-likeness (QED) is 0.189. The molecule has 0 saturated heterocycles. The summed E-state index contributed by atoms with van der Waals surface area (Å²) in [6.07, 6.45) is 0. The maximum absolute atomic E-state index is 2.41. The molecule has 0 fully saturated rings. The summed E-state index contributed by atoms with van der Waals surface area (Å²) in [6, 6.07) is 63.4. The van der Waals surface area contributed by atoms with E-state index in [2.05, 4.69) is 180 Å². The Bertz CT molecular complexity index is 2140. The lowest BCUT2D eigenvalue weighted by Gasteiger charge is -2.20. The van der Waals surface area contributed by atoms with Crippen LogP contribution in [-0.2, 0) is 0 Å². The van der Waals surface area contributed by atoms with Gasteiger partial charge in [0.15, 0.2) is 0 Å². The Morgan fingerprint density at radius 1 is 0.279 bits per heavy atom. The van der Waals surface area contributed by atoms with E-state index in [1.165, 1.54) is 66.3 Å². The predicted octanol–water partition coefficient (Wildman–Crippen LogP) is 11.5. The molecule has 0 radical (unpaired) electrons. The van der Waals surface area contributed by atoms with Gasteiger partial charge < -0.3 is 4.57 Å². The molecule has 8 aromatic rings. The Morgan fingerprint density at radius 2 is 0.651 bits per heavy atom. The molecule has 0 amide bonds. The number of aromatic nitrogens is 1. The van der Waals surface area contributed by atoms with Gasteiger partial charge in [-0.05, 0) is 79.2 Å². The van der Waals surface area contributed by atoms with Gasteiger partial charge in [-0.3, -0.25) is 0 Å². The average Bonchev–Trinajstić information content (AvgIpc) is 3.54. The fourth-order valence-corrected chi connectivity index (χ4v) is 6.52. The summed E-state index contributed by atoms with van der Waals surface area (Å²) in [4.78, 5) is 0. The van der Waals surface area contributed by atoms with Crippen LogP contribution in [0.4, 0.5) is 0 Å². The first-order valence-corrected chi connectivity index (χ1v) is 14.8. The van der Waals surface area contributed by atoms with E-state index in [0.29, 0.717) is 0 Å². The van der Waals surface area contributed by atoms with Gasteiger partial charge in [0.25, 0.3) is 0 Å². The van der Waals surface area contributed by atoms with Gasteiger partial charge in [-0.2, -0.15) is 0 Å². The van der Waals surface area contributed by atoms with Crippen LogP contribution < -0.4 is 0 Å². The molecule has 1 heterocycles. The highest BCUT2D eigenvalue weighted by molar-refractivity contribution is 6.21. The van der Waals surface area contributed by atoms with Crippen LogP contribution in [0.5, 0.6) is 0 Å². The smallest absolute Gasteiger partial charge is 0.0535 e. The summed E-state index contributed by atoms with van der Waals surface area (Å²) in [7, 11) is 0. The van der Waals surface area contributed by atoms with Crippen molar-refractivity contribution in [2.75, 3.05) is 0 Å². The Kier molecular flexibility index (Phi) is 6.20. The minimum Gasteiger partial charge on any atom is -0.309 e. The van der Waals surface area contributed by atoms with Gasteiger partial charge in [0.05, 0.1) is 11.4 Å². The number of fused-ring (bicyclic) bond motifs is 2. The molecule has 0 saturated carbocycles. The van der Waals surface area contributed by atoms with Gasteiger partial charge in [-0.25, -0.2) is 0 Å². The van der Waals surface area contributed by atoms with Crippen LogP contribution in [0.2, 0.25) is 0 Å². The van der Waals surface area contributed by atoms with Gasteiger partial charge in [-0.15, -0.1) is 0 Å². The van der Waals surface area contributed by atoms with E-state index in [4.69, 9.17) is 0 Å². The summed E-state index contributed by atoms with van der Waals surface area (Å²) in [5.74, 6) is 0. The molecule has 0 bridgehead atoms. The van der Waals surface area contributed by atoms with Gasteiger partial charge >= 0.3 is 0 Å². The largest absolute Gasteiger partial charge is 0.309 e. The molecule has 0 spiro atoms. The Hall–Kier alpha value is -5.66. The minimum atomic E-state index is 1.14. The Balaban J connectivity index is 1.50. The second-order valence-electron chi connectivity index (χ2n) is 10.9. The number of benzene rings is 7. The Morgan fingerprint density at radius 3 is 1.12 bits per heavy atom. The van der Waals surface area contributed by atoms with Crippen LogP contribution in [-0.4, -0.2) is 4.57 Å². The van der Waals surface area contributed by atoms with Gasteiger partial charge in [0.2, 0.25) is 0 Å². The zero-order valence-electron chi connectivity index (χ0n) is 23.7. The number of hydrogen-bond donors (Lipinski definition) is 0. The molecule has 7 aromatic carbocycles. The van der Waals surface area contributed by atoms with E-state index in [1.807, 2.05) is 0 Å². The van der Waals surface area contributed by atoms with Crippen molar-refractivity contribution in [3.05, 3.63) is 176 Å². The first kappa shape index (κ1) is 25.1. The lowest BCUT2D eigenvalue weighted by atomic mass is 9.86. The molecule has 1 aromatic heterocycles. The second-order valence-corrected chi connectivity index (χ2v) is 10.9. The molecule has 0 N–H and O–H groups in total. The molecule has 202 valence electrons. The fraction of sp³-hybridized carbons (Fsp3) is 0. The van der Waals surface area contributed by atoms with Crippen LogP contribution in [0.25, 0.3) is 72.0 Å². The van der Waals surface area contributed by atoms with Crippen LogP contribution in [0.1, 0.15) is 0 Å². The minimum absolute atomic E-state index is 1.14. The summed E-state index contributed by atoms with van der Waals surface area (Å²) in [5.41, 5.74) is 10.9. The molecule has 0 atom stereocenters. The van der Waals surface area contributed by atoms with E-state index in [-0.39, 0.29) is 0 Å². The van der Waals surface area contributed by atoms with Crippen molar-refractivity contribution < 1.29 is 0 Å². The highest BCUT2D eigenvalue weighted by atomic mass is 15.0. The van der Waals surface area contributed by atoms with Crippen molar-refractivity contribution in [1.29, 1.82) is 0 Å². The van der Waals surface area contributed by atoms with E-state index in [1.54, 1.807) is 0 Å². The van der Waals surface area contributed by atoms with Crippen LogP contribution in [0.3, 0.4) is 0 Å². The number of hydrogen-bond acceptors (Lipinski definition) is 0. The van der Waals surface area contributed by atoms with Crippen molar-refractivity contribution in [3.8, 4) is 50.5 Å². The third-order valence-corrected chi connectivity index (χ3v) is 8.41. The van der Waals surface area contributed by atoms with Gasteiger partial charge in [0.1, 0.15) is 0 Å². The zero-order chi connectivity index (χ0) is 28.6. The molecule has 43 heavy (non-hydrogen) atoms. The van der Waals surface area contributed by atoms with Crippen LogP contribution >= 0.6 is 0 Å². The Labute approximate surface area is 251 Å². The topological polar surface area (TPSA) is 4.93 Å². The molecular weight excluding hydrogens is 518 g/mol. The van der Waals surface area contributed by atoms with Crippen molar-refractivity contribution >= 4 is 21.5 Å². The average molecular weight is 548 g/mol. The standard InChI is InChI=1S/C42H29N/c1-5-15-30(16-6-1)39-27-28-40(31-17-7-2-8-18-31)43(39)34-25-26-37-38(29-34)42(33-21-11-4-12-22-33)36-24-14-13-23-35(36)41(37)32-19-9-3-10-20-32/h1-29H. The van der Waals surface area contributed by atoms with E-state index >= 15 is 0 Å². The highest BCUT2D eigenvalue weighted by Gasteiger charge is 2.19. The number of nitrogens with zero attached hydrogens (tertiary/aromatic N) is 1. The first-order valence-electron chi connectivity index (χ1n) is 14.8. The molecule has 8 rings (SSSR count). The zero-order valence-corrected chi connectivity index (χ0v) is 23.7. The predicted molar refractivity (Wildman–Crippen MR) is 183 cm³/mol. The van der Waals surface area contributed by atoms with E-state index in [0.717, 1.165) is 5.69 Å². The lowest BCUT2D eigenvalue weighted by molar-refractivity contribution is 1.10. The van der Waals surface area contributed by atoms with Crippen LogP contribution in [0.15, 0.2) is 176 Å². The highest BCUT2D eigenvalue weighted by Crippen LogP contribution is 2.45. The summed E-state index contributed by atoms with van der Waals surface area (Å²) in [6.45, 7) is 0. The molecule has 1 nitrogen and oxygen atoms in total. The second kappa shape index (κ2) is 10.6. The SMILES string of the molecule is c1ccc(-c2c3ccccc3c(-c3ccccc3)c3cc(-n4c(-c5ccccc5)ccc4-c4ccccc4)ccc23)cc1. The maximum Gasteiger partial charge on any atom is 0.0535 e. The molecule has 0 aliphatic carbocycles. The van der Waals surface area contributed by atoms with E-state index < -0.39 is 0 Å². The lowest BCUT2D eigenvalue weighted by Crippen LogP contribution is -2.00.